The van der Waals surface area contributed by atoms with Crippen LogP contribution in [0.4, 0.5) is 0 Å². The SMILES string of the molecule is [2H]C([2H])([2H])Oc1cc(C(=O)c2cc(OC([2H])([2H])[2H])c(OC([2H])([2H])[2H])c(OC([2H])([2H])[2H])c2)cc(OC([2H])([2H])[2H])c1OC([2H])([2H])[2H]. The molecule has 0 fully saturated rings. The van der Waals surface area contributed by atoms with Gasteiger partial charge >= 0.3 is 0 Å². The maximum absolute atomic E-state index is 13.6. The van der Waals surface area contributed by atoms with Crippen LogP contribution in [0.3, 0.4) is 0 Å². The predicted octanol–water partition coefficient (Wildman–Crippen LogP) is 2.97. The zero-order valence-electron chi connectivity index (χ0n) is 30.7. The van der Waals surface area contributed by atoms with E-state index in [1.54, 1.807) is 0 Å². The molecule has 0 saturated carbocycles. The molecule has 0 aliphatic heterocycles. The van der Waals surface area contributed by atoms with Gasteiger partial charge in [0, 0.05) is 11.1 Å². The third kappa shape index (κ3) is 3.46. The molecule has 140 valence electrons. The Balaban J connectivity index is 2.93. The van der Waals surface area contributed by atoms with E-state index in [1.165, 1.54) is 0 Å². The second kappa shape index (κ2) is 8.33. The van der Waals surface area contributed by atoms with Crippen molar-refractivity contribution in [3.63, 3.8) is 0 Å². The predicted molar refractivity (Wildman–Crippen MR) is 95.6 cm³/mol. The molecule has 7 nitrogen and oxygen atoms in total. The van der Waals surface area contributed by atoms with Crippen LogP contribution in [0.2, 0.25) is 0 Å². The summed E-state index contributed by atoms with van der Waals surface area (Å²) in [5.41, 5.74) is -1.41. The van der Waals surface area contributed by atoms with E-state index < -0.39 is 93.6 Å². The Morgan fingerprint density at radius 1 is 0.615 bits per heavy atom. The summed E-state index contributed by atoms with van der Waals surface area (Å²) >= 11 is 0. The quantitative estimate of drug-likeness (QED) is 0.652. The minimum atomic E-state index is -3.32. The van der Waals surface area contributed by atoms with Crippen molar-refractivity contribution in [2.75, 3.05) is 42.2 Å². The molecule has 0 saturated heterocycles. The Labute approximate surface area is 177 Å². The third-order valence-electron chi connectivity index (χ3n) is 3.21. The monoisotopic (exact) mass is 380 g/mol. The fourth-order valence-electron chi connectivity index (χ4n) is 2.09. The molecule has 26 heavy (non-hydrogen) atoms. The van der Waals surface area contributed by atoms with Crippen molar-refractivity contribution >= 4 is 5.78 Å². The van der Waals surface area contributed by atoms with Crippen LogP contribution >= 0.6 is 0 Å². The minimum absolute atomic E-state index is 0.615. The molecular weight excluding hydrogens is 340 g/mol. The first-order chi connectivity index (χ1) is 19.4. The van der Waals surface area contributed by atoms with E-state index in [2.05, 4.69) is 0 Å². The van der Waals surface area contributed by atoms with E-state index in [1.807, 2.05) is 0 Å². The molecule has 0 spiro atoms. The van der Waals surface area contributed by atoms with Crippen LogP contribution in [-0.4, -0.2) is 48.0 Å². The molecule has 0 aliphatic carbocycles. The summed E-state index contributed by atoms with van der Waals surface area (Å²) in [6.07, 6.45) is 0. The van der Waals surface area contributed by atoms with Crippen LogP contribution in [0.25, 0.3) is 0 Å². The highest BCUT2D eigenvalue weighted by molar-refractivity contribution is 6.10. The molecule has 0 heterocycles. The number of carbonyl (C=O) groups excluding carboxylic acids is 1. The van der Waals surface area contributed by atoms with Gasteiger partial charge in [-0.25, -0.2) is 0 Å². The summed E-state index contributed by atoms with van der Waals surface area (Å²) in [6.45, 7) is 0. The minimum Gasteiger partial charge on any atom is -0.493 e. The zero-order chi connectivity index (χ0) is 34.3. The van der Waals surface area contributed by atoms with Crippen LogP contribution in [0.5, 0.6) is 34.5 Å². The van der Waals surface area contributed by atoms with E-state index in [0.717, 1.165) is 0 Å². The first-order valence-corrected chi connectivity index (χ1v) is 6.46. The maximum atomic E-state index is 13.6. The molecular formula is C19H22O7. The van der Waals surface area contributed by atoms with Gasteiger partial charge in [0.25, 0.3) is 0 Å². The largest absolute Gasteiger partial charge is 0.493 e. The summed E-state index contributed by atoms with van der Waals surface area (Å²) in [6, 6.07) is 2.46. The van der Waals surface area contributed by atoms with Gasteiger partial charge in [-0.1, -0.05) is 0 Å². The number of hydrogen-bond donors (Lipinski definition) is 0. The number of carbonyl (C=O) groups is 1. The van der Waals surface area contributed by atoms with Gasteiger partial charge in [0.15, 0.2) is 28.8 Å². The van der Waals surface area contributed by atoms with Crippen LogP contribution < -0.4 is 28.4 Å². The standard InChI is InChI=1S/C19H22O7/c1-21-13-7-11(8-14(22-2)18(13)25-5)17(20)12-9-15(23-3)19(26-6)16(10-12)24-4/h7-10H,1-6H3/i1D3,2D3,3D3,4D3,5D3,6D3. The molecule has 0 N–H and O–H groups in total. The van der Waals surface area contributed by atoms with Gasteiger partial charge in [0.1, 0.15) is 0 Å². The first kappa shape index (κ1) is 6.26. The zero-order valence-corrected chi connectivity index (χ0v) is 12.7. The van der Waals surface area contributed by atoms with Gasteiger partial charge in [0.05, 0.1) is 66.9 Å². The second-order valence-corrected chi connectivity index (χ2v) is 4.54. The van der Waals surface area contributed by atoms with Crippen LogP contribution in [-0.2, 0) is 0 Å². The van der Waals surface area contributed by atoms with Gasteiger partial charge in [-0.2, -0.15) is 0 Å². The van der Waals surface area contributed by atoms with Crippen LogP contribution in [0.1, 0.15) is 40.6 Å². The van der Waals surface area contributed by atoms with E-state index in [0.29, 0.717) is 24.3 Å². The highest BCUT2D eigenvalue weighted by Gasteiger charge is 2.21. The summed E-state index contributed by atoms with van der Waals surface area (Å²) in [7, 11) is -19.9. The molecule has 0 bridgehead atoms. The Morgan fingerprint density at radius 2 is 0.923 bits per heavy atom. The van der Waals surface area contributed by atoms with Crippen molar-refractivity contribution in [2.24, 2.45) is 0 Å². The van der Waals surface area contributed by atoms with Crippen molar-refractivity contribution < 1.29 is 57.9 Å². The number of hydrogen-bond acceptors (Lipinski definition) is 7. The van der Waals surface area contributed by atoms with Crippen LogP contribution in [0.15, 0.2) is 24.3 Å². The van der Waals surface area contributed by atoms with Crippen molar-refractivity contribution in [1.29, 1.82) is 0 Å². The lowest BCUT2D eigenvalue weighted by molar-refractivity contribution is 0.103. The number of ketones is 1. The van der Waals surface area contributed by atoms with Gasteiger partial charge in [-0.05, 0) is 24.3 Å². The lowest BCUT2D eigenvalue weighted by atomic mass is 10.0. The van der Waals surface area contributed by atoms with E-state index in [9.17, 15) is 4.79 Å². The lowest BCUT2D eigenvalue weighted by Crippen LogP contribution is -2.06. The van der Waals surface area contributed by atoms with Gasteiger partial charge < -0.3 is 28.4 Å². The maximum Gasteiger partial charge on any atom is 0.203 e. The summed E-state index contributed by atoms with van der Waals surface area (Å²) < 4.78 is 161. The third-order valence-corrected chi connectivity index (χ3v) is 3.21. The molecule has 2 aromatic rings. The van der Waals surface area contributed by atoms with Crippen molar-refractivity contribution in [2.45, 2.75) is 0 Å². The van der Waals surface area contributed by atoms with Gasteiger partial charge in [0.2, 0.25) is 11.5 Å². The molecule has 0 unspecified atom stereocenters. The number of ether oxygens (including phenoxy) is 6. The van der Waals surface area contributed by atoms with E-state index >= 15 is 0 Å². The average Bonchev–Trinajstić information content (AvgIpc) is 2.71. The Hall–Kier alpha value is -3.09. The molecule has 2 rings (SSSR count). The number of methoxy groups -OCH3 is 6. The fraction of sp³-hybridized carbons (Fsp3) is 0.316. The highest BCUT2D eigenvalue weighted by atomic mass is 16.5. The molecule has 0 atom stereocenters. The lowest BCUT2D eigenvalue weighted by Gasteiger charge is -2.15. The van der Waals surface area contributed by atoms with Crippen molar-refractivity contribution in [3.8, 4) is 34.5 Å². The smallest absolute Gasteiger partial charge is 0.203 e. The molecule has 2 aromatic carbocycles. The fourth-order valence-corrected chi connectivity index (χ4v) is 2.09. The van der Waals surface area contributed by atoms with Crippen molar-refractivity contribution in [1.82, 2.24) is 0 Å². The first-order valence-electron chi connectivity index (χ1n) is 15.5. The topological polar surface area (TPSA) is 72.5 Å². The van der Waals surface area contributed by atoms with Gasteiger partial charge in [-0.15, -0.1) is 0 Å². The normalized spacial score (nSPS) is 23.2. The number of rotatable bonds is 8. The second-order valence-electron chi connectivity index (χ2n) is 4.54. The highest BCUT2D eigenvalue weighted by Crippen LogP contribution is 2.41. The van der Waals surface area contributed by atoms with Crippen LogP contribution in [0, 0.1) is 0 Å². The molecule has 0 radical (unpaired) electrons. The summed E-state index contributed by atoms with van der Waals surface area (Å²) in [5.74, 6) is -7.40. The summed E-state index contributed by atoms with van der Waals surface area (Å²) in [4.78, 5) is 13.6. The Kier molecular flexibility index (Phi) is 2.01. The molecule has 0 aromatic heterocycles. The Morgan fingerprint density at radius 3 is 1.19 bits per heavy atom. The van der Waals surface area contributed by atoms with E-state index in [-0.39, 0.29) is 0 Å². The van der Waals surface area contributed by atoms with E-state index in [4.69, 9.17) is 53.1 Å². The number of benzene rings is 2. The average molecular weight is 380 g/mol. The molecule has 0 amide bonds. The van der Waals surface area contributed by atoms with Gasteiger partial charge in [-0.3, -0.25) is 4.79 Å². The Bertz CT molecular complexity index is 1170. The summed E-state index contributed by atoms with van der Waals surface area (Å²) in [5, 5.41) is 0. The molecule has 7 heteroatoms. The van der Waals surface area contributed by atoms with Crippen molar-refractivity contribution in [3.05, 3.63) is 35.4 Å². The molecule has 0 aliphatic rings.